The first-order chi connectivity index (χ1) is 15.3. The summed E-state index contributed by atoms with van der Waals surface area (Å²) in [5.74, 6) is -1.96. The van der Waals surface area contributed by atoms with Crippen LogP contribution in [0.2, 0.25) is 5.02 Å². The Labute approximate surface area is 197 Å². The number of amidine groups is 1. The van der Waals surface area contributed by atoms with Crippen molar-refractivity contribution < 1.29 is 27.5 Å². The number of carboxylic acids is 1. The molecule has 0 saturated carbocycles. The number of aliphatic imine (C=N–C) groups is 1. The van der Waals surface area contributed by atoms with Crippen LogP contribution in [0.3, 0.4) is 0 Å². The summed E-state index contributed by atoms with van der Waals surface area (Å²) >= 11 is 6.87. The molecule has 33 heavy (non-hydrogen) atoms. The highest BCUT2D eigenvalue weighted by atomic mass is 35.5. The normalized spacial score (nSPS) is 22.8. The predicted octanol–water partition coefficient (Wildman–Crippen LogP) is 6.83. The summed E-state index contributed by atoms with van der Waals surface area (Å²) in [5.41, 5.74) is -0.430. The van der Waals surface area contributed by atoms with Gasteiger partial charge in [-0.3, -0.25) is 0 Å². The number of carbonyl (C=O) groups is 1. The Morgan fingerprint density at radius 2 is 1.85 bits per heavy atom. The van der Waals surface area contributed by atoms with Crippen LogP contribution in [0.1, 0.15) is 43.5 Å². The minimum absolute atomic E-state index is 0.0734. The van der Waals surface area contributed by atoms with Crippen molar-refractivity contribution in [2.75, 3.05) is 0 Å². The fraction of sp³-hybridized carbons (Fsp3) is 0.304. The molecule has 174 valence electrons. The third-order valence-electron chi connectivity index (χ3n) is 5.81. The lowest BCUT2D eigenvalue weighted by atomic mass is 9.80. The largest absolute Gasteiger partial charge is 0.477 e. The van der Waals surface area contributed by atoms with E-state index in [4.69, 9.17) is 16.6 Å². The molecule has 2 aliphatic rings. The van der Waals surface area contributed by atoms with Crippen molar-refractivity contribution in [2.24, 2.45) is 10.9 Å². The molecular formula is C23H19ClF4N2O2S. The second-order valence-corrected chi connectivity index (χ2v) is 9.72. The van der Waals surface area contributed by atoms with Crippen LogP contribution in [0.4, 0.5) is 17.6 Å². The van der Waals surface area contributed by atoms with E-state index in [0.717, 1.165) is 23.9 Å². The van der Waals surface area contributed by atoms with Gasteiger partial charge in [0.1, 0.15) is 16.3 Å². The fourth-order valence-corrected chi connectivity index (χ4v) is 5.67. The van der Waals surface area contributed by atoms with Crippen LogP contribution in [-0.2, 0) is 16.5 Å². The summed E-state index contributed by atoms with van der Waals surface area (Å²) in [7, 11) is 0. The minimum Gasteiger partial charge on any atom is -0.477 e. The van der Waals surface area contributed by atoms with E-state index < -0.39 is 35.1 Å². The maximum absolute atomic E-state index is 14.5. The van der Waals surface area contributed by atoms with Gasteiger partial charge in [-0.25, -0.2) is 14.2 Å². The van der Waals surface area contributed by atoms with Crippen molar-refractivity contribution in [2.45, 2.75) is 38.5 Å². The number of hydrogen-bond donors (Lipinski definition) is 1. The topological polar surface area (TPSA) is 52.9 Å². The molecule has 2 aliphatic heterocycles. The van der Waals surface area contributed by atoms with E-state index in [-0.39, 0.29) is 15.8 Å². The van der Waals surface area contributed by atoms with Gasteiger partial charge in [-0.1, -0.05) is 43.6 Å². The SMILES string of the molecule is CC(C)C1=C(C(=O)O)SC2=N[C@@](C)(c3ccc(C(F)(F)F)cc3)C(c3ccc(Cl)c(F)c3)N21. The van der Waals surface area contributed by atoms with Gasteiger partial charge in [0.05, 0.1) is 16.6 Å². The number of rotatable bonds is 4. The number of nitrogens with zero attached hydrogens (tertiary/aromatic N) is 2. The number of carboxylic acid groups (broad SMARTS) is 1. The highest BCUT2D eigenvalue weighted by Crippen LogP contribution is 2.56. The number of allylic oxidation sites excluding steroid dienone is 1. The summed E-state index contributed by atoms with van der Waals surface area (Å²) in [4.78, 5) is 18.6. The Morgan fingerprint density at radius 1 is 1.21 bits per heavy atom. The minimum atomic E-state index is -4.49. The van der Waals surface area contributed by atoms with Gasteiger partial charge in [0.2, 0.25) is 0 Å². The molecule has 2 aromatic carbocycles. The number of aliphatic carboxylic acids is 1. The molecule has 2 aromatic rings. The molecule has 1 N–H and O–H groups in total. The molecular weight excluding hydrogens is 480 g/mol. The second kappa shape index (κ2) is 8.06. The zero-order valence-electron chi connectivity index (χ0n) is 17.7. The van der Waals surface area contributed by atoms with E-state index in [1.54, 1.807) is 17.9 Å². The van der Waals surface area contributed by atoms with Crippen LogP contribution < -0.4 is 0 Å². The number of halogens is 5. The molecule has 0 bridgehead atoms. The summed E-state index contributed by atoms with van der Waals surface area (Å²) in [5, 5.41) is 10.1. The highest BCUT2D eigenvalue weighted by Gasteiger charge is 2.53. The maximum Gasteiger partial charge on any atom is 0.416 e. The molecule has 0 aromatic heterocycles. The van der Waals surface area contributed by atoms with Gasteiger partial charge in [-0.05, 0) is 60.0 Å². The first kappa shape index (κ1) is 23.6. The van der Waals surface area contributed by atoms with E-state index in [1.165, 1.54) is 24.3 Å². The Morgan fingerprint density at radius 3 is 2.36 bits per heavy atom. The van der Waals surface area contributed by atoms with Gasteiger partial charge in [0.15, 0.2) is 5.17 Å². The summed E-state index contributed by atoms with van der Waals surface area (Å²) in [6.07, 6.45) is -4.49. The Hall–Kier alpha value is -2.52. The molecule has 2 heterocycles. The van der Waals surface area contributed by atoms with Gasteiger partial charge in [0, 0.05) is 5.70 Å². The predicted molar refractivity (Wildman–Crippen MR) is 119 cm³/mol. The zero-order chi connectivity index (χ0) is 24.3. The summed E-state index contributed by atoms with van der Waals surface area (Å²) in [6, 6.07) is 8.27. The molecule has 4 nitrogen and oxygen atoms in total. The molecule has 0 fully saturated rings. The average Bonchev–Trinajstić information content (AvgIpc) is 3.22. The van der Waals surface area contributed by atoms with Gasteiger partial charge >= 0.3 is 12.1 Å². The first-order valence-corrected chi connectivity index (χ1v) is 11.2. The van der Waals surface area contributed by atoms with Crippen molar-refractivity contribution >= 4 is 34.5 Å². The highest BCUT2D eigenvalue weighted by molar-refractivity contribution is 8.18. The van der Waals surface area contributed by atoms with Crippen LogP contribution in [0.5, 0.6) is 0 Å². The van der Waals surface area contributed by atoms with Gasteiger partial charge < -0.3 is 10.0 Å². The van der Waals surface area contributed by atoms with Crippen molar-refractivity contribution in [3.63, 3.8) is 0 Å². The van der Waals surface area contributed by atoms with Gasteiger partial charge in [-0.15, -0.1) is 0 Å². The number of thioether (sulfide) groups is 1. The lowest BCUT2D eigenvalue weighted by Crippen LogP contribution is -2.36. The molecule has 4 rings (SSSR count). The molecule has 0 radical (unpaired) electrons. The zero-order valence-corrected chi connectivity index (χ0v) is 19.3. The number of alkyl halides is 3. The van der Waals surface area contributed by atoms with Crippen LogP contribution in [0.25, 0.3) is 0 Å². The van der Waals surface area contributed by atoms with Crippen LogP contribution >= 0.6 is 23.4 Å². The van der Waals surface area contributed by atoms with Crippen molar-refractivity contribution in [1.82, 2.24) is 4.90 Å². The average molecular weight is 499 g/mol. The lowest BCUT2D eigenvalue weighted by Gasteiger charge is -2.37. The number of fused-ring (bicyclic) bond motifs is 1. The third kappa shape index (κ3) is 3.91. The van der Waals surface area contributed by atoms with Crippen molar-refractivity contribution in [3.8, 4) is 0 Å². The van der Waals surface area contributed by atoms with Crippen LogP contribution in [0, 0.1) is 11.7 Å². The quantitative estimate of drug-likeness (QED) is 0.470. The second-order valence-electron chi connectivity index (χ2n) is 8.34. The van der Waals surface area contributed by atoms with E-state index >= 15 is 0 Å². The van der Waals surface area contributed by atoms with E-state index in [1.807, 2.05) is 13.8 Å². The molecule has 0 aliphatic carbocycles. The standard InChI is InChI=1S/C23H19ClF4N2O2S/c1-11(2)17-18(20(31)32)33-21-29-22(3,13-5-7-14(8-6-13)23(26,27)28)19(30(17)21)12-4-9-15(24)16(25)10-12/h4-11,19H,1-3H3,(H,31,32)/t19?,22-/m0/s1. The number of hydrogen-bond acceptors (Lipinski definition) is 4. The summed E-state index contributed by atoms with van der Waals surface area (Å²) in [6.45, 7) is 5.43. The van der Waals surface area contributed by atoms with Gasteiger partial charge in [0.25, 0.3) is 0 Å². The monoisotopic (exact) mass is 498 g/mol. The maximum atomic E-state index is 14.5. The molecule has 1 unspecified atom stereocenters. The first-order valence-electron chi connectivity index (χ1n) is 10.0. The molecule has 0 amide bonds. The number of benzene rings is 2. The van der Waals surface area contributed by atoms with E-state index in [9.17, 15) is 27.5 Å². The Kier molecular flexibility index (Phi) is 5.77. The Bertz CT molecular complexity index is 1190. The molecule has 0 saturated heterocycles. The fourth-order valence-electron chi connectivity index (χ4n) is 4.31. The molecule has 10 heteroatoms. The molecule has 0 spiro atoms. The van der Waals surface area contributed by atoms with Crippen LogP contribution in [-0.4, -0.2) is 21.1 Å². The van der Waals surface area contributed by atoms with E-state index in [0.29, 0.717) is 22.0 Å². The smallest absolute Gasteiger partial charge is 0.416 e. The van der Waals surface area contributed by atoms with Crippen molar-refractivity contribution in [3.05, 3.63) is 80.6 Å². The van der Waals surface area contributed by atoms with Gasteiger partial charge in [-0.2, -0.15) is 13.2 Å². The van der Waals surface area contributed by atoms with Crippen molar-refractivity contribution in [1.29, 1.82) is 0 Å². The third-order valence-corrected chi connectivity index (χ3v) is 7.17. The molecule has 2 atom stereocenters. The van der Waals surface area contributed by atoms with Crippen LogP contribution in [0.15, 0.2) is 58.1 Å². The lowest BCUT2D eigenvalue weighted by molar-refractivity contribution is -0.137. The van der Waals surface area contributed by atoms with E-state index in [2.05, 4.69) is 0 Å². The summed E-state index contributed by atoms with van der Waals surface area (Å²) < 4.78 is 53.8. The Balaban J connectivity index is 1.91.